The number of hydrogen-bond acceptors (Lipinski definition) is 7. The number of amides is 1. The molecule has 0 bridgehead atoms. The number of phenols is 4. The summed E-state index contributed by atoms with van der Waals surface area (Å²) >= 11 is 0. The third-order valence-electron chi connectivity index (χ3n) is 4.05. The number of nitrogens with zero attached hydrogens (tertiary/aromatic N) is 1. The van der Waals surface area contributed by atoms with Crippen LogP contribution in [0.5, 0.6) is 23.0 Å². The van der Waals surface area contributed by atoms with E-state index in [1.165, 1.54) is 30.3 Å². The SMILES string of the molecule is C=CC(=O)N(c1ccc(O)c(O)c1)C(Cc1ccc(O)c(O)c1)C(=O)OC(C)C. The van der Waals surface area contributed by atoms with Gasteiger partial charge in [-0.25, -0.2) is 4.79 Å². The van der Waals surface area contributed by atoms with E-state index in [0.717, 1.165) is 17.0 Å². The van der Waals surface area contributed by atoms with Crippen LogP contribution in [-0.2, 0) is 20.7 Å². The maximum Gasteiger partial charge on any atom is 0.329 e. The molecule has 2 aromatic rings. The quantitative estimate of drug-likeness (QED) is 0.319. The molecule has 0 spiro atoms. The van der Waals surface area contributed by atoms with E-state index in [-0.39, 0.29) is 29.4 Å². The van der Waals surface area contributed by atoms with E-state index in [0.29, 0.717) is 5.56 Å². The Hall–Kier alpha value is -3.68. The predicted molar refractivity (Wildman–Crippen MR) is 106 cm³/mol. The molecular weight excluding hydrogens is 378 g/mol. The summed E-state index contributed by atoms with van der Waals surface area (Å²) in [5.74, 6) is -2.90. The van der Waals surface area contributed by atoms with Crippen molar-refractivity contribution in [3.8, 4) is 23.0 Å². The van der Waals surface area contributed by atoms with Gasteiger partial charge in [-0.2, -0.15) is 0 Å². The highest BCUT2D eigenvalue weighted by Crippen LogP contribution is 2.32. The Labute approximate surface area is 167 Å². The zero-order chi connectivity index (χ0) is 21.7. The van der Waals surface area contributed by atoms with Crippen LogP contribution in [0.25, 0.3) is 0 Å². The largest absolute Gasteiger partial charge is 0.504 e. The van der Waals surface area contributed by atoms with Crippen molar-refractivity contribution < 1.29 is 34.8 Å². The number of rotatable bonds is 7. The lowest BCUT2D eigenvalue weighted by atomic mass is 10.0. The Morgan fingerprint density at radius 1 is 1.00 bits per heavy atom. The first-order valence-corrected chi connectivity index (χ1v) is 8.83. The van der Waals surface area contributed by atoms with Crippen LogP contribution < -0.4 is 4.90 Å². The van der Waals surface area contributed by atoms with Crippen molar-refractivity contribution in [2.75, 3.05) is 4.90 Å². The minimum atomic E-state index is -1.17. The van der Waals surface area contributed by atoms with Crippen LogP contribution in [0.4, 0.5) is 5.69 Å². The van der Waals surface area contributed by atoms with Gasteiger partial charge in [0.2, 0.25) is 0 Å². The Morgan fingerprint density at radius 3 is 2.10 bits per heavy atom. The monoisotopic (exact) mass is 401 g/mol. The molecule has 8 heteroatoms. The predicted octanol–water partition coefficient (Wildman–Crippen LogP) is 2.59. The molecule has 154 valence electrons. The number of phenolic OH excluding ortho intramolecular Hbond substituents is 4. The lowest BCUT2D eigenvalue weighted by Crippen LogP contribution is -2.47. The molecule has 0 aliphatic rings. The van der Waals surface area contributed by atoms with Crippen molar-refractivity contribution >= 4 is 17.6 Å². The van der Waals surface area contributed by atoms with Crippen LogP contribution in [0.15, 0.2) is 49.1 Å². The summed E-state index contributed by atoms with van der Waals surface area (Å²) < 4.78 is 5.30. The summed E-state index contributed by atoms with van der Waals surface area (Å²) in [5.41, 5.74) is 0.592. The average molecular weight is 401 g/mol. The van der Waals surface area contributed by atoms with Crippen LogP contribution >= 0.6 is 0 Å². The number of carbonyl (C=O) groups excluding carboxylic acids is 2. The van der Waals surface area contributed by atoms with Crippen molar-refractivity contribution in [1.29, 1.82) is 0 Å². The van der Waals surface area contributed by atoms with Gasteiger partial charge in [0.25, 0.3) is 5.91 Å². The fraction of sp³-hybridized carbons (Fsp3) is 0.238. The zero-order valence-electron chi connectivity index (χ0n) is 16.1. The second-order valence-electron chi connectivity index (χ2n) is 6.61. The molecule has 4 N–H and O–H groups in total. The Morgan fingerprint density at radius 2 is 1.59 bits per heavy atom. The van der Waals surface area contributed by atoms with Gasteiger partial charge in [-0.3, -0.25) is 9.69 Å². The van der Waals surface area contributed by atoms with E-state index in [1.54, 1.807) is 13.8 Å². The molecule has 0 aliphatic heterocycles. The van der Waals surface area contributed by atoms with E-state index < -0.39 is 29.8 Å². The standard InChI is InChI=1S/C21H23NO7/c1-4-20(27)22(14-6-8-17(24)19(26)11-14)15(21(28)29-12(2)3)9-13-5-7-16(23)18(25)10-13/h4-8,10-12,15,23-26H,1,9H2,2-3H3. The second-order valence-corrected chi connectivity index (χ2v) is 6.61. The van der Waals surface area contributed by atoms with Crippen molar-refractivity contribution in [2.24, 2.45) is 0 Å². The fourth-order valence-electron chi connectivity index (χ4n) is 2.73. The maximum absolute atomic E-state index is 12.8. The first-order valence-electron chi connectivity index (χ1n) is 8.83. The van der Waals surface area contributed by atoms with Gasteiger partial charge in [0.1, 0.15) is 6.04 Å². The molecular formula is C21H23NO7. The molecule has 1 amide bonds. The number of esters is 1. The van der Waals surface area contributed by atoms with E-state index in [4.69, 9.17) is 4.74 Å². The van der Waals surface area contributed by atoms with Crippen molar-refractivity contribution in [1.82, 2.24) is 0 Å². The second kappa shape index (κ2) is 9.01. The van der Waals surface area contributed by atoms with E-state index in [1.807, 2.05) is 0 Å². The molecule has 0 fully saturated rings. The van der Waals surface area contributed by atoms with Crippen LogP contribution in [0.3, 0.4) is 0 Å². The molecule has 0 heterocycles. The third kappa shape index (κ3) is 5.19. The Bertz CT molecular complexity index is 923. The summed E-state index contributed by atoms with van der Waals surface area (Å²) in [6.45, 7) is 6.77. The lowest BCUT2D eigenvalue weighted by molar-refractivity contribution is -0.149. The molecule has 29 heavy (non-hydrogen) atoms. The maximum atomic E-state index is 12.8. The number of hydrogen-bond donors (Lipinski definition) is 4. The van der Waals surface area contributed by atoms with Crippen molar-refractivity contribution in [3.63, 3.8) is 0 Å². The summed E-state index contributed by atoms with van der Waals surface area (Å²) in [6, 6.07) is 6.55. The minimum absolute atomic E-state index is 0.0549. The minimum Gasteiger partial charge on any atom is -0.504 e. The lowest BCUT2D eigenvalue weighted by Gasteiger charge is -2.30. The van der Waals surface area contributed by atoms with Gasteiger partial charge >= 0.3 is 5.97 Å². The molecule has 1 unspecified atom stereocenters. The average Bonchev–Trinajstić information content (AvgIpc) is 2.66. The molecule has 1 atom stereocenters. The normalized spacial score (nSPS) is 11.7. The van der Waals surface area contributed by atoms with Gasteiger partial charge in [-0.15, -0.1) is 0 Å². The first-order chi connectivity index (χ1) is 13.6. The number of benzene rings is 2. The zero-order valence-corrected chi connectivity index (χ0v) is 16.1. The van der Waals surface area contributed by atoms with E-state index >= 15 is 0 Å². The number of anilines is 1. The highest BCUT2D eigenvalue weighted by Gasteiger charge is 2.32. The number of ether oxygens (including phenoxy) is 1. The third-order valence-corrected chi connectivity index (χ3v) is 4.05. The van der Waals surface area contributed by atoms with Crippen LogP contribution in [0.2, 0.25) is 0 Å². The fourth-order valence-corrected chi connectivity index (χ4v) is 2.73. The van der Waals surface area contributed by atoms with E-state index in [2.05, 4.69) is 6.58 Å². The summed E-state index contributed by atoms with van der Waals surface area (Å²) in [6.07, 6.45) is 0.501. The van der Waals surface area contributed by atoms with Gasteiger partial charge in [-0.05, 0) is 49.8 Å². The molecule has 2 rings (SSSR count). The van der Waals surface area contributed by atoms with E-state index in [9.17, 15) is 30.0 Å². The van der Waals surface area contributed by atoms with Crippen LogP contribution in [0.1, 0.15) is 19.4 Å². The summed E-state index contributed by atoms with van der Waals surface area (Å²) in [7, 11) is 0. The van der Waals surface area contributed by atoms with Crippen molar-refractivity contribution in [2.45, 2.75) is 32.4 Å². The molecule has 8 nitrogen and oxygen atoms in total. The van der Waals surface area contributed by atoms with Crippen molar-refractivity contribution in [3.05, 3.63) is 54.6 Å². The smallest absolute Gasteiger partial charge is 0.329 e. The highest BCUT2D eigenvalue weighted by atomic mass is 16.5. The summed E-state index contributed by atoms with van der Waals surface area (Å²) in [5, 5.41) is 38.7. The van der Waals surface area contributed by atoms with Gasteiger partial charge in [0, 0.05) is 18.2 Å². The first kappa shape index (κ1) is 21.6. The number of carbonyl (C=O) groups is 2. The molecule has 0 saturated carbocycles. The molecule has 2 aromatic carbocycles. The van der Waals surface area contributed by atoms with Gasteiger partial charge in [0.15, 0.2) is 23.0 Å². The topological polar surface area (TPSA) is 128 Å². The molecule has 0 aromatic heterocycles. The van der Waals surface area contributed by atoms with Gasteiger partial charge < -0.3 is 25.2 Å². The number of aromatic hydroxyl groups is 4. The van der Waals surface area contributed by atoms with Gasteiger partial charge in [0.05, 0.1) is 6.10 Å². The molecule has 0 radical (unpaired) electrons. The van der Waals surface area contributed by atoms with Crippen LogP contribution in [-0.4, -0.2) is 44.4 Å². The Kier molecular flexibility index (Phi) is 6.71. The summed E-state index contributed by atoms with van der Waals surface area (Å²) in [4.78, 5) is 26.5. The van der Waals surface area contributed by atoms with Gasteiger partial charge in [-0.1, -0.05) is 12.6 Å². The highest BCUT2D eigenvalue weighted by molar-refractivity contribution is 6.05. The molecule has 0 saturated heterocycles. The Balaban J connectivity index is 2.54. The van der Waals surface area contributed by atoms with Crippen LogP contribution in [0, 0.1) is 0 Å². The molecule has 0 aliphatic carbocycles.